The van der Waals surface area contributed by atoms with Gasteiger partial charge < -0.3 is 4.90 Å². The topological polar surface area (TPSA) is 3.24 Å². The molecule has 3 atom stereocenters. The second-order valence-corrected chi connectivity index (χ2v) is 21.7. The number of fused-ring (bicyclic) bond motifs is 14. The van der Waals surface area contributed by atoms with Crippen LogP contribution in [0, 0.1) is 5.92 Å². The quantitative estimate of drug-likeness (QED) is 0.166. The van der Waals surface area contributed by atoms with Crippen molar-refractivity contribution in [3.63, 3.8) is 0 Å². The van der Waals surface area contributed by atoms with Crippen molar-refractivity contribution in [3.05, 3.63) is 296 Å². The van der Waals surface area contributed by atoms with E-state index in [0.29, 0.717) is 11.8 Å². The fourth-order valence-electron chi connectivity index (χ4n) is 15.0. The third kappa shape index (κ3) is 5.87. The van der Waals surface area contributed by atoms with Crippen LogP contribution in [0.4, 0.5) is 11.4 Å². The zero-order chi connectivity index (χ0) is 48.3. The minimum Gasteiger partial charge on any atom is -0.334 e. The van der Waals surface area contributed by atoms with E-state index in [0.717, 1.165) is 19.3 Å². The second kappa shape index (κ2) is 16.2. The molecule has 0 saturated carbocycles. The summed E-state index contributed by atoms with van der Waals surface area (Å²) in [6, 6.07) is 65.9. The number of benzene rings is 7. The molecular weight excluding hydrogens is 855 g/mol. The van der Waals surface area contributed by atoms with Crippen LogP contribution in [0.3, 0.4) is 0 Å². The molecule has 0 heterocycles. The summed E-state index contributed by atoms with van der Waals surface area (Å²) in [4.78, 5) is 2.73. The van der Waals surface area contributed by atoms with Crippen molar-refractivity contribution in [2.24, 2.45) is 5.92 Å². The Balaban J connectivity index is 0.00000243. The standard InChI is InChI=1S/C68H57N.C2H6/c1-65(2)56-29-15-12-27-51(56)54-41-46(37-40-57(54)65)69(47-35-38-52-49-25-11-14-28-55(49)66(3,4)63(52)42-47)48-36-39-53-50-26-13-16-30-58(50)68(64(53)43-48)61-33-19-17-31-59(61)67(44-21-7-5-8-22-44,45-23-9-6-10-24-45)60-32-18-20-34-62(60)68;1-2/h5-11,13-26,28-35,37-43,48-49,55H,12,27,36H2,1-4H3;1-2H3. The van der Waals surface area contributed by atoms with E-state index in [1.807, 2.05) is 13.8 Å². The zero-order valence-electron chi connectivity index (χ0n) is 42.1. The van der Waals surface area contributed by atoms with Crippen molar-refractivity contribution in [1.29, 1.82) is 0 Å². The highest BCUT2D eigenvalue weighted by atomic mass is 15.2. The molecule has 7 aromatic carbocycles. The predicted molar refractivity (Wildman–Crippen MR) is 298 cm³/mol. The van der Waals surface area contributed by atoms with Crippen LogP contribution < -0.4 is 4.90 Å². The summed E-state index contributed by atoms with van der Waals surface area (Å²) in [5.74, 6) is 0.844. The maximum Gasteiger partial charge on any atom is 0.0717 e. The summed E-state index contributed by atoms with van der Waals surface area (Å²) in [7, 11) is 0. The molecule has 7 aliphatic rings. The van der Waals surface area contributed by atoms with Gasteiger partial charge in [-0.1, -0.05) is 236 Å². The smallest absolute Gasteiger partial charge is 0.0717 e. The lowest BCUT2D eigenvalue weighted by atomic mass is 9.51. The lowest BCUT2D eigenvalue weighted by Gasteiger charge is -2.50. The van der Waals surface area contributed by atoms with Crippen LogP contribution in [-0.2, 0) is 21.7 Å². The summed E-state index contributed by atoms with van der Waals surface area (Å²) in [5, 5.41) is 0. The van der Waals surface area contributed by atoms with Crippen LogP contribution >= 0.6 is 0 Å². The number of rotatable bonds is 5. The van der Waals surface area contributed by atoms with Crippen molar-refractivity contribution in [3.8, 4) is 0 Å². The first-order chi connectivity index (χ1) is 34.7. The van der Waals surface area contributed by atoms with Gasteiger partial charge in [0.2, 0.25) is 0 Å². The van der Waals surface area contributed by atoms with Crippen LogP contribution in [0.2, 0.25) is 0 Å². The van der Waals surface area contributed by atoms with E-state index in [1.165, 1.54) is 100 Å². The van der Waals surface area contributed by atoms with Gasteiger partial charge in [0.25, 0.3) is 0 Å². The fourth-order valence-corrected chi connectivity index (χ4v) is 15.0. The SMILES string of the molecule is CC.CC1(C)C2=C(CCC=C2)c2cc(N(c3ccc4c(c3)C(C)(C)C3C=CC=CC43)C3C=C4C(=CC3)c3ccccc3C43c4ccccc4C(c4ccccc4)(c4ccccc4)c4ccccc43)ccc21. The molecule has 7 aliphatic carbocycles. The van der Waals surface area contributed by atoms with Crippen LogP contribution in [0.1, 0.15) is 133 Å². The van der Waals surface area contributed by atoms with E-state index in [-0.39, 0.29) is 16.9 Å². The Morgan fingerprint density at radius 1 is 0.521 bits per heavy atom. The van der Waals surface area contributed by atoms with Gasteiger partial charge in [0.05, 0.1) is 16.9 Å². The monoisotopic (exact) mass is 917 g/mol. The number of hydrogen-bond acceptors (Lipinski definition) is 1. The Morgan fingerprint density at radius 2 is 1.10 bits per heavy atom. The van der Waals surface area contributed by atoms with Crippen molar-refractivity contribution in [1.82, 2.24) is 0 Å². The first kappa shape index (κ1) is 43.8. The maximum atomic E-state index is 2.73. The molecule has 348 valence electrons. The van der Waals surface area contributed by atoms with E-state index in [4.69, 9.17) is 0 Å². The normalized spacial score (nSPS) is 22.0. The Hall–Kier alpha value is -7.22. The van der Waals surface area contributed by atoms with Gasteiger partial charge in [0.15, 0.2) is 0 Å². The average molecular weight is 918 g/mol. The van der Waals surface area contributed by atoms with Gasteiger partial charge in [0.1, 0.15) is 0 Å². The highest BCUT2D eigenvalue weighted by Gasteiger charge is 2.58. The molecule has 0 N–H and O–H groups in total. The van der Waals surface area contributed by atoms with E-state index < -0.39 is 10.8 Å². The summed E-state index contributed by atoms with van der Waals surface area (Å²) < 4.78 is 0. The minimum atomic E-state index is -0.558. The minimum absolute atomic E-state index is 0.00613. The molecule has 0 aromatic heterocycles. The predicted octanol–water partition coefficient (Wildman–Crippen LogP) is 17.2. The molecule has 1 nitrogen and oxygen atoms in total. The Bertz CT molecular complexity index is 3400. The third-order valence-electron chi connectivity index (χ3n) is 17.9. The van der Waals surface area contributed by atoms with Crippen LogP contribution in [0.25, 0.3) is 11.1 Å². The lowest BCUT2D eigenvalue weighted by molar-refractivity contribution is 0.394. The van der Waals surface area contributed by atoms with E-state index >= 15 is 0 Å². The van der Waals surface area contributed by atoms with Crippen LogP contribution in [-0.4, -0.2) is 6.04 Å². The van der Waals surface area contributed by atoms with Gasteiger partial charge in [-0.3, -0.25) is 0 Å². The summed E-state index contributed by atoms with van der Waals surface area (Å²) >= 11 is 0. The maximum absolute atomic E-state index is 2.73. The molecule has 0 amide bonds. The van der Waals surface area contributed by atoms with Crippen LogP contribution in [0.5, 0.6) is 0 Å². The van der Waals surface area contributed by atoms with E-state index in [9.17, 15) is 0 Å². The summed E-state index contributed by atoms with van der Waals surface area (Å²) in [6.07, 6.45) is 22.6. The molecule has 1 spiro atoms. The number of nitrogens with zero attached hydrogens (tertiary/aromatic N) is 1. The molecular formula is C70H63N. The van der Waals surface area contributed by atoms with Gasteiger partial charge >= 0.3 is 0 Å². The first-order valence-corrected chi connectivity index (χ1v) is 26.4. The molecule has 0 fully saturated rings. The van der Waals surface area contributed by atoms with Gasteiger partial charge in [-0.25, -0.2) is 0 Å². The number of hydrogen-bond donors (Lipinski definition) is 0. The second-order valence-electron chi connectivity index (χ2n) is 21.7. The van der Waals surface area contributed by atoms with Crippen molar-refractivity contribution in [2.75, 3.05) is 4.90 Å². The van der Waals surface area contributed by atoms with Crippen molar-refractivity contribution >= 4 is 22.5 Å². The summed E-state index contributed by atoms with van der Waals surface area (Å²) in [6.45, 7) is 13.8. The molecule has 1 heteroatoms. The molecule has 3 unspecified atom stereocenters. The first-order valence-electron chi connectivity index (χ1n) is 26.4. The third-order valence-corrected chi connectivity index (χ3v) is 17.9. The van der Waals surface area contributed by atoms with Gasteiger partial charge in [-0.2, -0.15) is 0 Å². The lowest BCUT2D eigenvalue weighted by Crippen LogP contribution is -2.45. The molecule has 0 radical (unpaired) electrons. The van der Waals surface area contributed by atoms with E-state index in [2.05, 4.69) is 251 Å². The Morgan fingerprint density at radius 3 is 1.77 bits per heavy atom. The Kier molecular flexibility index (Phi) is 9.96. The fraction of sp³-hybridized carbons (Fsp3) is 0.229. The van der Waals surface area contributed by atoms with Gasteiger partial charge in [-0.05, 0) is 144 Å². The van der Waals surface area contributed by atoms with Crippen molar-refractivity contribution in [2.45, 2.75) is 94.4 Å². The van der Waals surface area contributed by atoms with Gasteiger partial charge in [-0.15, -0.1) is 0 Å². The number of anilines is 2. The average Bonchev–Trinajstić information content (AvgIpc) is 3.94. The summed E-state index contributed by atoms with van der Waals surface area (Å²) in [5.41, 5.74) is 23.7. The molecule has 7 aromatic rings. The largest absolute Gasteiger partial charge is 0.334 e. The highest BCUT2D eigenvalue weighted by Crippen LogP contribution is 2.66. The highest BCUT2D eigenvalue weighted by molar-refractivity contribution is 5.97. The van der Waals surface area contributed by atoms with Crippen molar-refractivity contribution < 1.29 is 0 Å². The Labute approximate surface area is 422 Å². The molecule has 14 rings (SSSR count). The molecule has 0 bridgehead atoms. The zero-order valence-corrected chi connectivity index (χ0v) is 42.1. The molecule has 0 aliphatic heterocycles. The number of allylic oxidation sites excluding steroid dienone is 10. The van der Waals surface area contributed by atoms with Crippen LogP contribution in [0.15, 0.2) is 230 Å². The van der Waals surface area contributed by atoms with Gasteiger partial charge in [0, 0.05) is 22.7 Å². The molecule has 0 saturated heterocycles. The van der Waals surface area contributed by atoms with E-state index in [1.54, 1.807) is 0 Å². The molecule has 71 heavy (non-hydrogen) atoms.